The molecule has 1 N–H and O–H groups in total. The van der Waals surface area contributed by atoms with Crippen LogP contribution in [-0.4, -0.2) is 10.0 Å². The highest BCUT2D eigenvalue weighted by Gasteiger charge is 2.23. The largest absolute Gasteiger partial charge is 0.502 e. The number of phenols is 1. The van der Waals surface area contributed by atoms with Crippen LogP contribution in [0.15, 0.2) is 12.1 Å². The molecule has 0 unspecified atom stereocenters. The Labute approximate surface area is 87.7 Å². The van der Waals surface area contributed by atoms with E-state index >= 15 is 0 Å². The number of rotatable bonds is 1. The first-order valence-electron chi connectivity index (χ1n) is 5.18. The Morgan fingerprint density at radius 3 is 2.67 bits per heavy atom. The topological polar surface area (TPSA) is 63.4 Å². The molecule has 0 heterocycles. The minimum atomic E-state index is -0.473. The predicted molar refractivity (Wildman–Crippen MR) is 56.0 cm³/mol. The Balaban J connectivity index is 2.56. The summed E-state index contributed by atoms with van der Waals surface area (Å²) in [6.45, 7) is 0. The summed E-state index contributed by atoms with van der Waals surface area (Å²) in [5.74, 6) is -0.208. The van der Waals surface area contributed by atoms with Crippen molar-refractivity contribution in [3.63, 3.8) is 0 Å². The molecular weight excluding hydrogens is 194 g/mol. The van der Waals surface area contributed by atoms with Crippen LogP contribution in [0.5, 0.6) is 5.75 Å². The van der Waals surface area contributed by atoms with Crippen molar-refractivity contribution >= 4 is 5.69 Å². The van der Waals surface area contributed by atoms with Gasteiger partial charge in [0.25, 0.3) is 0 Å². The number of nitro groups is 1. The van der Waals surface area contributed by atoms with Gasteiger partial charge < -0.3 is 5.11 Å². The first kappa shape index (κ1) is 9.96. The van der Waals surface area contributed by atoms with E-state index in [1.54, 1.807) is 0 Å². The van der Waals surface area contributed by atoms with Gasteiger partial charge in [-0.1, -0.05) is 12.5 Å². The summed E-state index contributed by atoms with van der Waals surface area (Å²) >= 11 is 0. The summed E-state index contributed by atoms with van der Waals surface area (Å²) in [5.41, 5.74) is 1.67. The molecule has 0 saturated carbocycles. The van der Waals surface area contributed by atoms with Crippen molar-refractivity contribution in [2.75, 3.05) is 0 Å². The standard InChI is InChI=1S/C11H13NO3/c13-10-7-6-8-4-2-1-3-5-9(8)11(10)12(14)15/h6-7,13H,1-5H2. The normalized spacial score (nSPS) is 15.5. The molecule has 2 rings (SSSR count). The Bertz CT molecular complexity index is 401. The van der Waals surface area contributed by atoms with Crippen molar-refractivity contribution in [3.05, 3.63) is 33.4 Å². The lowest BCUT2D eigenvalue weighted by Gasteiger charge is -2.07. The van der Waals surface area contributed by atoms with Gasteiger partial charge in [0.15, 0.2) is 5.75 Å². The van der Waals surface area contributed by atoms with Crippen LogP contribution in [0.4, 0.5) is 5.69 Å². The number of hydrogen-bond donors (Lipinski definition) is 1. The first-order chi connectivity index (χ1) is 7.20. The average Bonchev–Trinajstić information content (AvgIpc) is 2.41. The zero-order chi connectivity index (χ0) is 10.8. The highest BCUT2D eigenvalue weighted by molar-refractivity contribution is 5.55. The van der Waals surface area contributed by atoms with Crippen molar-refractivity contribution in [1.29, 1.82) is 0 Å². The second-order valence-corrected chi connectivity index (χ2v) is 3.89. The minimum Gasteiger partial charge on any atom is -0.502 e. The van der Waals surface area contributed by atoms with Gasteiger partial charge in [-0.05, 0) is 37.3 Å². The maximum absolute atomic E-state index is 10.9. The Hall–Kier alpha value is -1.58. The van der Waals surface area contributed by atoms with Crippen LogP contribution in [0, 0.1) is 10.1 Å². The van der Waals surface area contributed by atoms with E-state index in [4.69, 9.17) is 0 Å². The molecule has 0 aromatic heterocycles. The van der Waals surface area contributed by atoms with Crippen LogP contribution >= 0.6 is 0 Å². The maximum atomic E-state index is 10.9. The summed E-state index contributed by atoms with van der Waals surface area (Å²) in [6.07, 6.45) is 4.75. The van der Waals surface area contributed by atoms with E-state index < -0.39 is 4.92 Å². The molecule has 0 radical (unpaired) electrons. The van der Waals surface area contributed by atoms with Gasteiger partial charge in [-0.15, -0.1) is 0 Å². The van der Waals surface area contributed by atoms with Gasteiger partial charge in [0, 0.05) is 5.56 Å². The molecule has 1 aromatic carbocycles. The number of hydrogen-bond acceptors (Lipinski definition) is 3. The highest BCUT2D eigenvalue weighted by Crippen LogP contribution is 2.35. The first-order valence-corrected chi connectivity index (χ1v) is 5.18. The third-order valence-electron chi connectivity index (χ3n) is 2.91. The van der Waals surface area contributed by atoms with Crippen LogP contribution < -0.4 is 0 Å². The zero-order valence-electron chi connectivity index (χ0n) is 8.40. The van der Waals surface area contributed by atoms with Gasteiger partial charge in [0.2, 0.25) is 0 Å². The van der Waals surface area contributed by atoms with E-state index in [-0.39, 0.29) is 11.4 Å². The van der Waals surface area contributed by atoms with E-state index in [0.29, 0.717) is 6.42 Å². The molecule has 1 aliphatic carbocycles. The fourth-order valence-corrected chi connectivity index (χ4v) is 2.18. The molecule has 0 aliphatic heterocycles. The molecule has 1 aromatic rings. The Kier molecular flexibility index (Phi) is 2.58. The van der Waals surface area contributed by atoms with Gasteiger partial charge in [0.1, 0.15) is 0 Å². The van der Waals surface area contributed by atoms with Crippen molar-refractivity contribution in [3.8, 4) is 5.75 Å². The smallest absolute Gasteiger partial charge is 0.314 e. The van der Waals surface area contributed by atoms with Crippen LogP contribution in [0.1, 0.15) is 30.4 Å². The summed E-state index contributed by atoms with van der Waals surface area (Å²) < 4.78 is 0. The molecule has 0 fully saturated rings. The molecule has 15 heavy (non-hydrogen) atoms. The van der Waals surface area contributed by atoms with E-state index in [2.05, 4.69) is 0 Å². The Morgan fingerprint density at radius 2 is 1.93 bits per heavy atom. The van der Waals surface area contributed by atoms with E-state index in [1.807, 2.05) is 6.07 Å². The SMILES string of the molecule is O=[N+]([O-])c1c(O)ccc2c1CCCCC2. The average molecular weight is 207 g/mol. The minimum absolute atomic E-state index is 0.0885. The molecule has 0 atom stereocenters. The molecule has 0 amide bonds. The van der Waals surface area contributed by atoms with Gasteiger partial charge in [-0.3, -0.25) is 10.1 Å². The van der Waals surface area contributed by atoms with Gasteiger partial charge >= 0.3 is 5.69 Å². The number of aromatic hydroxyl groups is 1. The molecule has 1 aliphatic rings. The number of nitro benzene ring substituents is 1. The monoisotopic (exact) mass is 207 g/mol. The third kappa shape index (κ3) is 1.79. The van der Waals surface area contributed by atoms with Gasteiger partial charge in [0.05, 0.1) is 4.92 Å². The van der Waals surface area contributed by atoms with Crippen LogP contribution in [0.2, 0.25) is 0 Å². The van der Waals surface area contributed by atoms with Crippen molar-refractivity contribution < 1.29 is 10.0 Å². The molecule has 4 nitrogen and oxygen atoms in total. The number of nitrogens with zero attached hydrogens (tertiary/aromatic N) is 1. The highest BCUT2D eigenvalue weighted by atomic mass is 16.6. The fraction of sp³-hybridized carbons (Fsp3) is 0.455. The van der Waals surface area contributed by atoms with E-state index in [1.165, 1.54) is 6.07 Å². The van der Waals surface area contributed by atoms with Crippen molar-refractivity contribution in [1.82, 2.24) is 0 Å². The van der Waals surface area contributed by atoms with E-state index in [0.717, 1.165) is 36.8 Å². The second kappa shape index (κ2) is 3.88. The second-order valence-electron chi connectivity index (χ2n) is 3.89. The molecule has 4 heteroatoms. The van der Waals surface area contributed by atoms with E-state index in [9.17, 15) is 15.2 Å². The number of benzene rings is 1. The Morgan fingerprint density at radius 1 is 1.20 bits per heavy atom. The fourth-order valence-electron chi connectivity index (χ4n) is 2.18. The van der Waals surface area contributed by atoms with Gasteiger partial charge in [-0.2, -0.15) is 0 Å². The van der Waals surface area contributed by atoms with Gasteiger partial charge in [-0.25, -0.2) is 0 Å². The number of fused-ring (bicyclic) bond motifs is 1. The van der Waals surface area contributed by atoms with Crippen molar-refractivity contribution in [2.45, 2.75) is 32.1 Å². The molecule has 80 valence electrons. The van der Waals surface area contributed by atoms with Crippen LogP contribution in [-0.2, 0) is 12.8 Å². The molecule has 0 bridgehead atoms. The third-order valence-corrected chi connectivity index (χ3v) is 2.91. The molecule has 0 saturated heterocycles. The number of phenolic OH excluding ortho intramolecular Hbond substituents is 1. The quantitative estimate of drug-likeness (QED) is 0.437. The number of aryl methyl sites for hydroxylation is 1. The van der Waals surface area contributed by atoms with Crippen LogP contribution in [0.25, 0.3) is 0 Å². The summed E-state index contributed by atoms with van der Waals surface area (Å²) in [7, 11) is 0. The summed E-state index contributed by atoms with van der Waals surface area (Å²) in [4.78, 5) is 10.4. The lowest BCUT2D eigenvalue weighted by molar-refractivity contribution is -0.386. The van der Waals surface area contributed by atoms with Crippen molar-refractivity contribution in [2.24, 2.45) is 0 Å². The summed E-state index contributed by atoms with van der Waals surface area (Å²) in [6, 6.07) is 3.24. The molecule has 0 spiro atoms. The molecular formula is C11H13NO3. The predicted octanol–water partition coefficient (Wildman–Crippen LogP) is 2.57. The lowest BCUT2D eigenvalue weighted by Crippen LogP contribution is -1.99. The van der Waals surface area contributed by atoms with Crippen LogP contribution in [0.3, 0.4) is 0 Å². The lowest BCUT2D eigenvalue weighted by atomic mass is 10.0. The maximum Gasteiger partial charge on any atom is 0.314 e. The summed E-state index contributed by atoms with van der Waals surface area (Å²) in [5, 5.41) is 20.3. The zero-order valence-corrected chi connectivity index (χ0v) is 8.40.